The minimum Gasteiger partial charge on any atom is -0.493 e. The molecule has 1 atom stereocenters. The first-order chi connectivity index (χ1) is 10.5. The minimum absolute atomic E-state index is 0.290. The van der Waals surface area contributed by atoms with E-state index in [9.17, 15) is 9.59 Å². The van der Waals surface area contributed by atoms with E-state index in [1.54, 1.807) is 18.2 Å². The van der Waals surface area contributed by atoms with E-state index >= 15 is 0 Å². The highest BCUT2D eigenvalue weighted by Crippen LogP contribution is 2.28. The van der Waals surface area contributed by atoms with Gasteiger partial charge in [-0.05, 0) is 38.0 Å². The van der Waals surface area contributed by atoms with Gasteiger partial charge in [-0.3, -0.25) is 4.79 Å². The largest absolute Gasteiger partial charge is 0.493 e. The van der Waals surface area contributed by atoms with Crippen molar-refractivity contribution in [1.29, 1.82) is 0 Å². The Hall–Kier alpha value is -2.50. The van der Waals surface area contributed by atoms with Crippen molar-refractivity contribution in [2.75, 3.05) is 13.7 Å². The van der Waals surface area contributed by atoms with Gasteiger partial charge < -0.3 is 19.9 Å². The summed E-state index contributed by atoms with van der Waals surface area (Å²) in [6.07, 6.45) is 2.41. The van der Waals surface area contributed by atoms with Crippen LogP contribution in [-0.4, -0.2) is 36.7 Å². The second kappa shape index (κ2) is 8.71. The number of benzene rings is 1. The SMILES string of the molecule is C=CCCC(NC(=O)c1ccc(OCC)c(OC)c1)C(=O)O. The molecule has 1 rings (SSSR count). The molecule has 0 saturated heterocycles. The topological polar surface area (TPSA) is 84.9 Å². The molecule has 0 aromatic heterocycles. The van der Waals surface area contributed by atoms with E-state index in [0.717, 1.165) is 0 Å². The van der Waals surface area contributed by atoms with Crippen LogP contribution in [0.5, 0.6) is 11.5 Å². The fraction of sp³-hybridized carbons (Fsp3) is 0.375. The van der Waals surface area contributed by atoms with Crippen LogP contribution in [0.1, 0.15) is 30.1 Å². The van der Waals surface area contributed by atoms with Crippen LogP contribution in [0.15, 0.2) is 30.9 Å². The van der Waals surface area contributed by atoms with Gasteiger partial charge >= 0.3 is 5.97 Å². The van der Waals surface area contributed by atoms with Crippen LogP contribution in [0, 0.1) is 0 Å². The van der Waals surface area contributed by atoms with Crippen LogP contribution in [0.2, 0.25) is 0 Å². The summed E-state index contributed by atoms with van der Waals surface area (Å²) in [5.74, 6) is -0.596. The Kier molecular flexibility index (Phi) is 6.95. The average Bonchev–Trinajstić information content (AvgIpc) is 2.51. The highest BCUT2D eigenvalue weighted by Gasteiger charge is 2.20. The maximum atomic E-state index is 12.2. The molecule has 1 amide bonds. The first-order valence-electron chi connectivity index (χ1n) is 6.98. The average molecular weight is 307 g/mol. The van der Waals surface area contributed by atoms with Gasteiger partial charge in [-0.15, -0.1) is 6.58 Å². The summed E-state index contributed by atoms with van der Waals surface area (Å²) in [6, 6.07) is 3.75. The molecule has 0 spiro atoms. The summed E-state index contributed by atoms with van der Waals surface area (Å²) >= 11 is 0. The summed E-state index contributed by atoms with van der Waals surface area (Å²) < 4.78 is 10.5. The lowest BCUT2D eigenvalue weighted by atomic mass is 10.1. The predicted molar refractivity (Wildman–Crippen MR) is 82.5 cm³/mol. The molecule has 1 unspecified atom stereocenters. The lowest BCUT2D eigenvalue weighted by molar-refractivity contribution is -0.139. The molecule has 0 radical (unpaired) electrons. The van der Waals surface area contributed by atoms with E-state index in [-0.39, 0.29) is 0 Å². The van der Waals surface area contributed by atoms with Crippen molar-refractivity contribution in [3.8, 4) is 11.5 Å². The number of ether oxygens (including phenoxy) is 2. The molecule has 0 fully saturated rings. The van der Waals surface area contributed by atoms with Crippen molar-refractivity contribution in [2.24, 2.45) is 0 Å². The third-order valence-electron chi connectivity index (χ3n) is 2.99. The molecule has 6 nitrogen and oxygen atoms in total. The van der Waals surface area contributed by atoms with Gasteiger partial charge in [0.25, 0.3) is 5.91 Å². The van der Waals surface area contributed by atoms with Gasteiger partial charge in [-0.25, -0.2) is 4.79 Å². The predicted octanol–water partition coefficient (Wildman–Crippen LogP) is 2.24. The maximum absolute atomic E-state index is 12.2. The monoisotopic (exact) mass is 307 g/mol. The Morgan fingerprint density at radius 3 is 2.68 bits per heavy atom. The maximum Gasteiger partial charge on any atom is 0.326 e. The number of rotatable bonds is 9. The molecule has 0 aliphatic carbocycles. The van der Waals surface area contributed by atoms with E-state index in [1.165, 1.54) is 13.2 Å². The van der Waals surface area contributed by atoms with Crippen molar-refractivity contribution >= 4 is 11.9 Å². The zero-order valence-electron chi connectivity index (χ0n) is 12.8. The number of carboxylic acid groups (broad SMARTS) is 1. The highest BCUT2D eigenvalue weighted by molar-refractivity contribution is 5.97. The van der Waals surface area contributed by atoms with Gasteiger partial charge in [0.2, 0.25) is 0 Å². The highest BCUT2D eigenvalue weighted by atomic mass is 16.5. The van der Waals surface area contributed by atoms with Gasteiger partial charge in [0, 0.05) is 5.56 Å². The van der Waals surface area contributed by atoms with Gasteiger partial charge in [-0.1, -0.05) is 6.08 Å². The first kappa shape index (κ1) is 17.6. The summed E-state index contributed by atoms with van der Waals surface area (Å²) in [6.45, 7) is 5.86. The second-order valence-electron chi connectivity index (χ2n) is 4.53. The summed E-state index contributed by atoms with van der Waals surface area (Å²) in [7, 11) is 1.48. The Balaban J connectivity index is 2.87. The fourth-order valence-electron chi connectivity index (χ4n) is 1.87. The van der Waals surface area contributed by atoms with E-state index in [4.69, 9.17) is 14.6 Å². The van der Waals surface area contributed by atoms with Crippen molar-refractivity contribution < 1.29 is 24.2 Å². The first-order valence-corrected chi connectivity index (χ1v) is 6.98. The molecular formula is C16H21NO5. The van der Waals surface area contributed by atoms with Crippen molar-refractivity contribution in [3.63, 3.8) is 0 Å². The van der Waals surface area contributed by atoms with Crippen LogP contribution < -0.4 is 14.8 Å². The normalized spacial score (nSPS) is 11.4. The number of carboxylic acids is 1. The quantitative estimate of drug-likeness (QED) is 0.683. The number of aliphatic carboxylic acids is 1. The van der Waals surface area contributed by atoms with Crippen LogP contribution in [-0.2, 0) is 4.79 Å². The molecule has 0 saturated carbocycles. The van der Waals surface area contributed by atoms with Crippen molar-refractivity contribution in [3.05, 3.63) is 36.4 Å². The molecule has 0 bridgehead atoms. The summed E-state index contributed by atoms with van der Waals surface area (Å²) in [5, 5.41) is 11.6. The fourth-order valence-corrected chi connectivity index (χ4v) is 1.87. The zero-order valence-corrected chi connectivity index (χ0v) is 12.8. The van der Waals surface area contributed by atoms with Crippen molar-refractivity contribution in [1.82, 2.24) is 5.32 Å². The molecule has 22 heavy (non-hydrogen) atoms. The zero-order chi connectivity index (χ0) is 16.5. The molecule has 0 heterocycles. The second-order valence-corrected chi connectivity index (χ2v) is 4.53. The molecule has 1 aromatic rings. The third kappa shape index (κ3) is 4.80. The smallest absolute Gasteiger partial charge is 0.326 e. The van der Waals surface area contributed by atoms with Crippen LogP contribution in [0.4, 0.5) is 0 Å². The Bertz CT molecular complexity index is 541. The molecule has 0 aliphatic rings. The molecule has 6 heteroatoms. The third-order valence-corrected chi connectivity index (χ3v) is 2.99. The number of hydrogen-bond acceptors (Lipinski definition) is 4. The number of amides is 1. The molecule has 2 N–H and O–H groups in total. The van der Waals surface area contributed by atoms with E-state index < -0.39 is 17.9 Å². The summed E-state index contributed by atoms with van der Waals surface area (Å²) in [5.41, 5.74) is 0.310. The van der Waals surface area contributed by atoms with Crippen LogP contribution in [0.3, 0.4) is 0 Å². The van der Waals surface area contributed by atoms with Gasteiger partial charge in [0.15, 0.2) is 11.5 Å². The Morgan fingerprint density at radius 2 is 2.14 bits per heavy atom. The van der Waals surface area contributed by atoms with Crippen molar-refractivity contribution in [2.45, 2.75) is 25.8 Å². The molecular weight excluding hydrogens is 286 g/mol. The standard InChI is InChI=1S/C16H21NO5/c1-4-6-7-12(16(19)20)17-15(18)11-8-9-13(22-5-2)14(10-11)21-3/h4,8-10,12H,1,5-7H2,2-3H3,(H,17,18)(H,19,20). The van der Waals surface area contributed by atoms with Gasteiger partial charge in [0.05, 0.1) is 13.7 Å². The molecule has 1 aromatic carbocycles. The number of hydrogen-bond donors (Lipinski definition) is 2. The summed E-state index contributed by atoms with van der Waals surface area (Å²) in [4.78, 5) is 23.3. The van der Waals surface area contributed by atoms with E-state index in [2.05, 4.69) is 11.9 Å². The Labute approximate surface area is 129 Å². The van der Waals surface area contributed by atoms with Gasteiger partial charge in [0.1, 0.15) is 6.04 Å². The minimum atomic E-state index is -1.08. The lowest BCUT2D eigenvalue weighted by Crippen LogP contribution is -2.40. The Morgan fingerprint density at radius 1 is 1.41 bits per heavy atom. The number of carbonyl (C=O) groups is 2. The van der Waals surface area contributed by atoms with Crippen LogP contribution >= 0.6 is 0 Å². The molecule has 0 aliphatic heterocycles. The number of methoxy groups -OCH3 is 1. The van der Waals surface area contributed by atoms with Gasteiger partial charge in [-0.2, -0.15) is 0 Å². The number of carbonyl (C=O) groups excluding carboxylic acids is 1. The number of allylic oxidation sites excluding steroid dienone is 1. The van der Waals surface area contributed by atoms with Crippen LogP contribution in [0.25, 0.3) is 0 Å². The lowest BCUT2D eigenvalue weighted by Gasteiger charge is -2.15. The number of nitrogens with one attached hydrogen (secondary N) is 1. The van der Waals surface area contributed by atoms with E-state index in [0.29, 0.717) is 36.5 Å². The molecule has 120 valence electrons. The van der Waals surface area contributed by atoms with E-state index in [1.807, 2.05) is 6.92 Å².